The van der Waals surface area contributed by atoms with E-state index in [1.165, 1.54) is 11.8 Å². The topological polar surface area (TPSA) is 71.3 Å². The second-order valence-electron chi connectivity index (χ2n) is 6.94. The second-order valence-corrected chi connectivity index (χ2v) is 8.35. The van der Waals surface area contributed by atoms with Gasteiger partial charge in [0.15, 0.2) is 0 Å². The van der Waals surface area contributed by atoms with Crippen molar-refractivity contribution >= 4 is 35.4 Å². The van der Waals surface area contributed by atoms with Gasteiger partial charge in [-0.25, -0.2) is 0 Å². The molecule has 0 aliphatic heterocycles. The van der Waals surface area contributed by atoms with Gasteiger partial charge in [-0.1, -0.05) is 42.0 Å². The molecule has 1 unspecified atom stereocenters. The first kappa shape index (κ1) is 21.5. The summed E-state index contributed by atoms with van der Waals surface area (Å²) in [6.07, 6.45) is 5.82. The standard InChI is InChI=1S/C24H24N2O3S/c1-17-10-12-20(13-11-17)25-23(27)22-9-5-15-26(22)14-4-7-19-6-3-8-21(16-19)30-18(2)24(28)29/h3-13,15-16,18H,14H2,1-2H3,(H,25,27)(H,28,29)/b7-4+. The first-order chi connectivity index (χ1) is 14.4. The van der Waals surface area contributed by atoms with Crippen molar-refractivity contribution in [3.63, 3.8) is 0 Å². The predicted octanol–water partition coefficient (Wildman–Crippen LogP) is 5.33. The van der Waals surface area contributed by atoms with Crippen molar-refractivity contribution < 1.29 is 14.7 Å². The molecule has 2 N–H and O–H groups in total. The van der Waals surface area contributed by atoms with Gasteiger partial charge in [0.05, 0.1) is 0 Å². The summed E-state index contributed by atoms with van der Waals surface area (Å²) in [6, 6.07) is 19.1. The van der Waals surface area contributed by atoms with E-state index in [-0.39, 0.29) is 5.91 Å². The Kier molecular flexibility index (Phi) is 7.14. The highest BCUT2D eigenvalue weighted by atomic mass is 32.2. The van der Waals surface area contributed by atoms with Crippen LogP contribution in [0.1, 0.15) is 28.5 Å². The van der Waals surface area contributed by atoms with E-state index in [1.54, 1.807) is 13.0 Å². The van der Waals surface area contributed by atoms with E-state index in [1.807, 2.05) is 84.4 Å². The number of hydrogen-bond acceptors (Lipinski definition) is 3. The number of amides is 1. The number of aromatic nitrogens is 1. The lowest BCUT2D eigenvalue weighted by Crippen LogP contribution is -2.16. The van der Waals surface area contributed by atoms with E-state index in [0.717, 1.165) is 21.7 Å². The number of aryl methyl sites for hydroxylation is 1. The number of carboxylic acids is 1. The van der Waals surface area contributed by atoms with E-state index in [0.29, 0.717) is 12.2 Å². The average molecular weight is 421 g/mol. The number of nitrogens with zero attached hydrogens (tertiary/aromatic N) is 1. The van der Waals surface area contributed by atoms with Gasteiger partial charge in [0.1, 0.15) is 10.9 Å². The number of carbonyl (C=O) groups is 2. The van der Waals surface area contributed by atoms with Gasteiger partial charge >= 0.3 is 5.97 Å². The Morgan fingerprint density at radius 1 is 1.13 bits per heavy atom. The molecule has 0 spiro atoms. The lowest BCUT2D eigenvalue weighted by molar-refractivity contribution is -0.136. The van der Waals surface area contributed by atoms with Crippen LogP contribution in [0.3, 0.4) is 0 Å². The average Bonchev–Trinajstić information content (AvgIpc) is 3.18. The zero-order valence-corrected chi connectivity index (χ0v) is 17.7. The molecular formula is C24H24N2O3S. The van der Waals surface area contributed by atoms with Crippen LogP contribution in [0.2, 0.25) is 0 Å². The minimum Gasteiger partial charge on any atom is -0.480 e. The smallest absolute Gasteiger partial charge is 0.316 e. The monoisotopic (exact) mass is 420 g/mol. The van der Waals surface area contributed by atoms with Crippen LogP contribution >= 0.6 is 11.8 Å². The summed E-state index contributed by atoms with van der Waals surface area (Å²) in [6.45, 7) is 4.22. The molecule has 0 radical (unpaired) electrons. The summed E-state index contributed by atoms with van der Waals surface area (Å²) in [5.41, 5.74) is 3.47. The van der Waals surface area contributed by atoms with Crippen LogP contribution in [0.15, 0.2) is 77.8 Å². The number of anilines is 1. The summed E-state index contributed by atoms with van der Waals surface area (Å²) in [7, 11) is 0. The predicted molar refractivity (Wildman–Crippen MR) is 122 cm³/mol. The van der Waals surface area contributed by atoms with Crippen LogP contribution in [-0.2, 0) is 11.3 Å². The number of carboxylic acid groups (broad SMARTS) is 1. The second kappa shape index (κ2) is 9.98. The van der Waals surface area contributed by atoms with E-state index < -0.39 is 11.2 Å². The van der Waals surface area contributed by atoms with E-state index in [2.05, 4.69) is 5.32 Å². The van der Waals surface area contributed by atoms with Crippen molar-refractivity contribution in [3.05, 3.63) is 89.8 Å². The highest BCUT2D eigenvalue weighted by molar-refractivity contribution is 8.00. The molecule has 2 aromatic carbocycles. The minimum absolute atomic E-state index is 0.154. The molecule has 154 valence electrons. The summed E-state index contributed by atoms with van der Waals surface area (Å²) < 4.78 is 1.88. The number of carbonyl (C=O) groups excluding carboxylic acids is 1. The first-order valence-electron chi connectivity index (χ1n) is 9.61. The highest BCUT2D eigenvalue weighted by Gasteiger charge is 2.12. The molecule has 0 aliphatic carbocycles. The Morgan fingerprint density at radius 3 is 2.63 bits per heavy atom. The minimum atomic E-state index is -0.829. The molecule has 5 nitrogen and oxygen atoms in total. The third-order valence-electron chi connectivity index (χ3n) is 4.50. The summed E-state index contributed by atoms with van der Waals surface area (Å²) in [5, 5.41) is 11.5. The number of benzene rings is 2. The molecule has 1 heterocycles. The van der Waals surface area contributed by atoms with Gasteiger partial charge in [-0.2, -0.15) is 0 Å². The number of thioether (sulfide) groups is 1. The maximum Gasteiger partial charge on any atom is 0.316 e. The van der Waals surface area contributed by atoms with Gasteiger partial charge in [-0.3, -0.25) is 9.59 Å². The Hall–Kier alpha value is -3.25. The van der Waals surface area contributed by atoms with Crippen LogP contribution in [0.5, 0.6) is 0 Å². The molecule has 1 amide bonds. The lowest BCUT2D eigenvalue weighted by Gasteiger charge is -2.09. The zero-order valence-electron chi connectivity index (χ0n) is 16.9. The number of allylic oxidation sites excluding steroid dienone is 1. The molecule has 6 heteroatoms. The number of rotatable bonds is 8. The lowest BCUT2D eigenvalue weighted by atomic mass is 10.2. The van der Waals surface area contributed by atoms with Crippen molar-refractivity contribution in [1.29, 1.82) is 0 Å². The van der Waals surface area contributed by atoms with Crippen LogP contribution in [0, 0.1) is 6.92 Å². The molecule has 0 aliphatic rings. The fourth-order valence-corrected chi connectivity index (χ4v) is 3.73. The molecule has 30 heavy (non-hydrogen) atoms. The summed E-state index contributed by atoms with van der Waals surface area (Å²) in [5.74, 6) is -0.983. The molecule has 0 fully saturated rings. The van der Waals surface area contributed by atoms with Crippen molar-refractivity contribution in [2.24, 2.45) is 0 Å². The third-order valence-corrected chi connectivity index (χ3v) is 5.58. The Labute approximate surface area is 180 Å². The first-order valence-corrected chi connectivity index (χ1v) is 10.5. The molecule has 0 bridgehead atoms. The van der Waals surface area contributed by atoms with Crippen molar-refractivity contribution in [3.8, 4) is 0 Å². The van der Waals surface area contributed by atoms with Crippen LogP contribution in [0.25, 0.3) is 6.08 Å². The number of nitrogens with one attached hydrogen (secondary N) is 1. The maximum atomic E-state index is 12.6. The van der Waals surface area contributed by atoms with Gasteiger partial charge in [0.2, 0.25) is 0 Å². The van der Waals surface area contributed by atoms with Gasteiger partial charge in [-0.05, 0) is 55.8 Å². The van der Waals surface area contributed by atoms with Crippen molar-refractivity contribution in [2.45, 2.75) is 30.5 Å². The normalized spacial score (nSPS) is 12.1. The highest BCUT2D eigenvalue weighted by Crippen LogP contribution is 2.24. The fourth-order valence-electron chi connectivity index (χ4n) is 2.86. The van der Waals surface area contributed by atoms with Gasteiger partial charge in [-0.15, -0.1) is 11.8 Å². The molecule has 0 saturated heterocycles. The summed E-state index contributed by atoms with van der Waals surface area (Å²) in [4.78, 5) is 24.6. The van der Waals surface area contributed by atoms with E-state index in [4.69, 9.17) is 5.11 Å². The molecule has 3 rings (SSSR count). The maximum absolute atomic E-state index is 12.6. The Bertz CT molecular complexity index is 1050. The Morgan fingerprint density at radius 2 is 1.90 bits per heavy atom. The molecule has 0 saturated carbocycles. The van der Waals surface area contributed by atoms with Crippen LogP contribution in [0.4, 0.5) is 5.69 Å². The van der Waals surface area contributed by atoms with Crippen molar-refractivity contribution in [1.82, 2.24) is 4.57 Å². The summed E-state index contributed by atoms with van der Waals surface area (Å²) >= 11 is 1.31. The molecule has 3 aromatic rings. The van der Waals surface area contributed by atoms with Gasteiger partial charge < -0.3 is 15.0 Å². The van der Waals surface area contributed by atoms with Crippen LogP contribution in [-0.4, -0.2) is 26.8 Å². The van der Waals surface area contributed by atoms with Gasteiger partial charge in [0, 0.05) is 23.3 Å². The molecular weight excluding hydrogens is 396 g/mol. The SMILES string of the molecule is Cc1ccc(NC(=O)c2cccn2C/C=C/c2cccc(SC(C)C(=O)O)c2)cc1. The molecule has 1 atom stereocenters. The van der Waals surface area contributed by atoms with E-state index >= 15 is 0 Å². The van der Waals surface area contributed by atoms with E-state index in [9.17, 15) is 9.59 Å². The van der Waals surface area contributed by atoms with Gasteiger partial charge in [0.25, 0.3) is 5.91 Å². The fraction of sp³-hybridized carbons (Fsp3) is 0.167. The number of aliphatic carboxylic acids is 1. The quantitative estimate of drug-likeness (QED) is 0.483. The number of hydrogen-bond donors (Lipinski definition) is 2. The third kappa shape index (κ3) is 5.87. The van der Waals surface area contributed by atoms with Crippen molar-refractivity contribution in [2.75, 3.05) is 5.32 Å². The molecule has 1 aromatic heterocycles. The zero-order chi connectivity index (χ0) is 21.5. The van der Waals surface area contributed by atoms with Crippen LogP contribution < -0.4 is 5.32 Å². The Balaban J connectivity index is 1.63. The largest absolute Gasteiger partial charge is 0.480 e.